The van der Waals surface area contributed by atoms with Crippen LogP contribution in [0.3, 0.4) is 0 Å². The van der Waals surface area contributed by atoms with E-state index in [2.05, 4.69) is 142 Å². The van der Waals surface area contributed by atoms with E-state index in [1.807, 2.05) is 0 Å². The molecule has 0 aromatic carbocycles. The molecule has 0 aliphatic heterocycles. The van der Waals surface area contributed by atoms with Gasteiger partial charge in [0, 0.05) is 19.3 Å². The van der Waals surface area contributed by atoms with Crippen molar-refractivity contribution in [1.82, 2.24) is 0 Å². The van der Waals surface area contributed by atoms with Crippen molar-refractivity contribution in [2.45, 2.75) is 284 Å². The second-order valence-electron chi connectivity index (χ2n) is 20.2. The summed E-state index contributed by atoms with van der Waals surface area (Å²) in [6.07, 6.45) is 86.1. The highest BCUT2D eigenvalue weighted by Crippen LogP contribution is 2.15. The molecule has 0 spiro atoms. The minimum absolute atomic E-state index is 0.0932. The Hall–Kier alpha value is -4.19. The number of allylic oxidation sites excluding steroid dienone is 20. The van der Waals surface area contributed by atoms with Crippen LogP contribution in [0.25, 0.3) is 0 Å². The largest absolute Gasteiger partial charge is 0.462 e. The molecule has 1 atom stereocenters. The molecule has 0 radical (unpaired) electrons. The minimum atomic E-state index is -0.799. The van der Waals surface area contributed by atoms with Crippen LogP contribution in [-0.2, 0) is 28.6 Å². The van der Waals surface area contributed by atoms with Crippen molar-refractivity contribution in [3.63, 3.8) is 0 Å². The number of rotatable bonds is 55. The third-order valence-electron chi connectivity index (χ3n) is 12.9. The lowest BCUT2D eigenvalue weighted by Gasteiger charge is -2.18. The van der Waals surface area contributed by atoms with Crippen LogP contribution in [0.4, 0.5) is 0 Å². The van der Waals surface area contributed by atoms with E-state index in [4.69, 9.17) is 14.2 Å². The fourth-order valence-corrected chi connectivity index (χ4v) is 8.34. The standard InChI is InChI=1S/C69H114O6/c1-4-7-10-13-16-19-22-25-28-31-34-37-40-43-46-49-52-55-58-61-67(70)73-64-66(75-69(72)63-60-57-54-51-48-45-42-39-36-33-30-27-24-21-18-15-12-9-6-3)65-74-68(71)62-59-56-53-50-47-44-41-38-35-32-29-26-23-20-17-14-11-8-5-2/h7,9-10,12,16-21,25-30,34,36-37,39,66H,4-6,8,11,13-15,22-24,31-33,35,38,40-65H2,1-3H3/b10-7-,12-9-,19-16-,20-17-,21-18-,28-25-,29-26-,30-27-,37-34-,39-36-. The molecule has 0 aromatic rings. The normalized spacial score (nSPS) is 12.9. The summed E-state index contributed by atoms with van der Waals surface area (Å²) < 4.78 is 16.9. The first-order valence-corrected chi connectivity index (χ1v) is 31.0. The second kappa shape index (κ2) is 62.4. The van der Waals surface area contributed by atoms with Crippen molar-refractivity contribution in [3.05, 3.63) is 122 Å². The van der Waals surface area contributed by atoms with Gasteiger partial charge >= 0.3 is 17.9 Å². The predicted octanol–water partition coefficient (Wildman–Crippen LogP) is 21.2. The summed E-state index contributed by atoms with van der Waals surface area (Å²) in [5.74, 6) is -0.922. The Morgan fingerprint density at radius 1 is 0.280 bits per heavy atom. The molecule has 0 saturated carbocycles. The quantitative estimate of drug-likeness (QED) is 0.0261. The van der Waals surface area contributed by atoms with E-state index in [9.17, 15) is 14.4 Å². The summed E-state index contributed by atoms with van der Waals surface area (Å²) in [5.41, 5.74) is 0. The van der Waals surface area contributed by atoms with Crippen LogP contribution in [0.5, 0.6) is 0 Å². The monoisotopic (exact) mass is 1040 g/mol. The smallest absolute Gasteiger partial charge is 0.306 e. The molecule has 1 unspecified atom stereocenters. The molecule has 0 N–H and O–H groups in total. The first kappa shape index (κ1) is 70.8. The maximum atomic E-state index is 12.9. The van der Waals surface area contributed by atoms with E-state index in [1.165, 1.54) is 96.3 Å². The van der Waals surface area contributed by atoms with Gasteiger partial charge in [-0.1, -0.05) is 251 Å². The van der Waals surface area contributed by atoms with Gasteiger partial charge in [-0.3, -0.25) is 14.4 Å². The van der Waals surface area contributed by atoms with Crippen molar-refractivity contribution in [1.29, 1.82) is 0 Å². The molecule has 75 heavy (non-hydrogen) atoms. The molecule has 0 fully saturated rings. The number of hydrogen-bond acceptors (Lipinski definition) is 6. The fraction of sp³-hybridized carbons (Fsp3) is 0.667. The molecule has 0 bridgehead atoms. The van der Waals surface area contributed by atoms with Gasteiger partial charge in [0.05, 0.1) is 0 Å². The molecule has 426 valence electrons. The van der Waals surface area contributed by atoms with Gasteiger partial charge in [-0.2, -0.15) is 0 Å². The van der Waals surface area contributed by atoms with E-state index in [0.717, 1.165) is 141 Å². The summed E-state index contributed by atoms with van der Waals surface area (Å²) in [6.45, 7) is 6.38. The van der Waals surface area contributed by atoms with Gasteiger partial charge < -0.3 is 14.2 Å². The lowest BCUT2D eigenvalue weighted by Crippen LogP contribution is -2.30. The number of hydrogen-bond donors (Lipinski definition) is 0. The molecule has 0 aromatic heterocycles. The fourth-order valence-electron chi connectivity index (χ4n) is 8.34. The molecule has 0 rings (SSSR count). The highest BCUT2D eigenvalue weighted by Gasteiger charge is 2.19. The lowest BCUT2D eigenvalue weighted by atomic mass is 10.1. The van der Waals surface area contributed by atoms with Crippen molar-refractivity contribution in [2.75, 3.05) is 13.2 Å². The molecule has 0 amide bonds. The van der Waals surface area contributed by atoms with Crippen LogP contribution >= 0.6 is 0 Å². The Morgan fingerprint density at radius 3 is 0.813 bits per heavy atom. The van der Waals surface area contributed by atoms with Crippen LogP contribution in [0.15, 0.2) is 122 Å². The topological polar surface area (TPSA) is 78.9 Å². The van der Waals surface area contributed by atoms with Crippen molar-refractivity contribution in [3.8, 4) is 0 Å². The average Bonchev–Trinajstić information content (AvgIpc) is 3.41. The van der Waals surface area contributed by atoms with Gasteiger partial charge in [-0.05, 0) is 128 Å². The van der Waals surface area contributed by atoms with Crippen molar-refractivity contribution >= 4 is 17.9 Å². The Kier molecular flexibility index (Phi) is 58.9. The molecule has 0 aliphatic carbocycles. The molecule has 6 nitrogen and oxygen atoms in total. The van der Waals surface area contributed by atoms with Crippen LogP contribution in [-0.4, -0.2) is 37.2 Å². The average molecular weight is 1040 g/mol. The molecule has 6 heteroatoms. The number of carbonyl (C=O) groups excluding carboxylic acids is 3. The zero-order valence-electron chi connectivity index (χ0n) is 48.8. The third-order valence-corrected chi connectivity index (χ3v) is 12.9. The second-order valence-corrected chi connectivity index (χ2v) is 20.2. The zero-order chi connectivity index (χ0) is 54.3. The van der Waals surface area contributed by atoms with Crippen LogP contribution < -0.4 is 0 Å². The lowest BCUT2D eigenvalue weighted by molar-refractivity contribution is -0.167. The highest BCUT2D eigenvalue weighted by atomic mass is 16.6. The van der Waals surface area contributed by atoms with Crippen LogP contribution in [0.1, 0.15) is 278 Å². The van der Waals surface area contributed by atoms with Gasteiger partial charge in [0.15, 0.2) is 6.10 Å². The molecule has 0 saturated heterocycles. The van der Waals surface area contributed by atoms with E-state index >= 15 is 0 Å². The Bertz CT molecular complexity index is 1570. The van der Waals surface area contributed by atoms with E-state index < -0.39 is 6.10 Å². The van der Waals surface area contributed by atoms with Crippen molar-refractivity contribution < 1.29 is 28.6 Å². The van der Waals surface area contributed by atoms with E-state index in [0.29, 0.717) is 19.3 Å². The van der Waals surface area contributed by atoms with Gasteiger partial charge in [0.2, 0.25) is 0 Å². The summed E-state index contributed by atoms with van der Waals surface area (Å²) >= 11 is 0. The van der Waals surface area contributed by atoms with Gasteiger partial charge in [-0.25, -0.2) is 0 Å². The zero-order valence-corrected chi connectivity index (χ0v) is 48.8. The summed E-state index contributed by atoms with van der Waals surface area (Å²) in [6, 6.07) is 0. The maximum Gasteiger partial charge on any atom is 0.306 e. The first-order valence-electron chi connectivity index (χ1n) is 31.0. The molecule has 0 aliphatic rings. The van der Waals surface area contributed by atoms with Crippen LogP contribution in [0.2, 0.25) is 0 Å². The summed E-state index contributed by atoms with van der Waals surface area (Å²) in [7, 11) is 0. The van der Waals surface area contributed by atoms with Gasteiger partial charge in [0.1, 0.15) is 13.2 Å². The maximum absolute atomic E-state index is 12.9. The Labute approximate surface area is 462 Å². The van der Waals surface area contributed by atoms with Gasteiger partial charge in [-0.15, -0.1) is 0 Å². The minimum Gasteiger partial charge on any atom is -0.462 e. The highest BCUT2D eigenvalue weighted by molar-refractivity contribution is 5.71. The Balaban J connectivity index is 4.46. The number of ether oxygens (including phenoxy) is 3. The Morgan fingerprint density at radius 2 is 0.520 bits per heavy atom. The summed E-state index contributed by atoms with van der Waals surface area (Å²) in [5, 5.41) is 0. The van der Waals surface area contributed by atoms with E-state index in [-0.39, 0.29) is 31.1 Å². The van der Waals surface area contributed by atoms with E-state index in [1.54, 1.807) is 0 Å². The molecular weight excluding hydrogens is 925 g/mol. The summed E-state index contributed by atoms with van der Waals surface area (Å²) in [4.78, 5) is 38.3. The predicted molar refractivity (Wildman–Crippen MR) is 325 cm³/mol. The SMILES string of the molecule is CC/C=C\C/C=C\C/C=C\C/C=C\CCCCCCCCC(=O)OCC(COC(=O)CCCCCCCCCCC/C=C\C/C=C\CCCCC)OC(=O)CCCCCCCC/C=C\C/C=C\C/C=C\C/C=C\CC. The molecule has 0 heterocycles. The third kappa shape index (κ3) is 60.6. The molecular formula is C69H114O6. The number of carbonyl (C=O) groups is 3. The first-order chi connectivity index (χ1) is 37.0. The van der Waals surface area contributed by atoms with Gasteiger partial charge in [0.25, 0.3) is 0 Å². The number of unbranched alkanes of at least 4 members (excludes halogenated alkanes) is 24. The van der Waals surface area contributed by atoms with Crippen LogP contribution in [0, 0.1) is 0 Å². The number of esters is 3. The van der Waals surface area contributed by atoms with Crippen molar-refractivity contribution in [2.24, 2.45) is 0 Å².